The number of carbonyl (C=O) groups is 1. The summed E-state index contributed by atoms with van der Waals surface area (Å²) in [6.45, 7) is 9.84. The summed E-state index contributed by atoms with van der Waals surface area (Å²) >= 11 is 0. The van der Waals surface area contributed by atoms with Gasteiger partial charge in [0, 0.05) is 22.5 Å². The second-order valence-corrected chi connectivity index (χ2v) is 8.26. The Kier molecular flexibility index (Phi) is 5.70. The van der Waals surface area contributed by atoms with E-state index in [1.54, 1.807) is 6.20 Å². The average Bonchev–Trinajstić information content (AvgIpc) is 3.03. The minimum absolute atomic E-state index is 0.0951. The number of amides is 1. The second-order valence-electron chi connectivity index (χ2n) is 8.26. The first-order valence-electron chi connectivity index (χ1n) is 10.9. The van der Waals surface area contributed by atoms with Crippen molar-refractivity contribution in [2.75, 3.05) is 5.32 Å². The molecule has 0 aliphatic rings. The molecule has 0 aliphatic heterocycles. The summed E-state index contributed by atoms with van der Waals surface area (Å²) in [6.07, 6.45) is 2.32. The molecule has 4 rings (SSSR count). The van der Waals surface area contributed by atoms with Crippen LogP contribution in [-0.2, 0) is 4.79 Å². The van der Waals surface area contributed by atoms with E-state index in [0.717, 1.165) is 33.6 Å². The van der Waals surface area contributed by atoms with Gasteiger partial charge in [-0.15, -0.1) is 0 Å². The van der Waals surface area contributed by atoms with Gasteiger partial charge in [0.25, 0.3) is 5.56 Å². The number of benzene rings is 2. The van der Waals surface area contributed by atoms with Gasteiger partial charge in [0.2, 0.25) is 5.91 Å². The third kappa shape index (κ3) is 3.62. The van der Waals surface area contributed by atoms with Crippen molar-refractivity contribution < 1.29 is 4.79 Å². The Labute approximate surface area is 187 Å². The number of hydrogen-bond donors (Lipinski definition) is 1. The highest BCUT2D eigenvalue weighted by Gasteiger charge is 2.26. The quantitative estimate of drug-likeness (QED) is 0.486. The van der Waals surface area contributed by atoms with Gasteiger partial charge in [0.05, 0.1) is 17.3 Å². The van der Waals surface area contributed by atoms with E-state index < -0.39 is 6.04 Å². The van der Waals surface area contributed by atoms with Crippen molar-refractivity contribution in [3.8, 4) is 5.69 Å². The van der Waals surface area contributed by atoms with Crippen molar-refractivity contribution in [2.24, 2.45) is 0 Å². The first-order chi connectivity index (χ1) is 15.3. The Balaban J connectivity index is 1.79. The lowest BCUT2D eigenvalue weighted by Crippen LogP contribution is -2.27. The molecule has 2 aromatic heterocycles. The second kappa shape index (κ2) is 8.46. The molecule has 1 amide bonds. The average molecular weight is 429 g/mol. The summed E-state index contributed by atoms with van der Waals surface area (Å²) in [7, 11) is 0. The molecular formula is C26H28N4O2. The molecule has 0 bridgehead atoms. The molecule has 0 radical (unpaired) electrons. The van der Waals surface area contributed by atoms with Crippen LogP contribution in [0.1, 0.15) is 41.9 Å². The van der Waals surface area contributed by atoms with E-state index in [4.69, 9.17) is 0 Å². The number of carbonyl (C=O) groups excluding carboxylic acids is 1. The van der Waals surface area contributed by atoms with E-state index in [0.29, 0.717) is 17.5 Å². The van der Waals surface area contributed by atoms with Gasteiger partial charge in [0.1, 0.15) is 6.04 Å². The number of hydrogen-bond acceptors (Lipinski definition) is 3. The van der Waals surface area contributed by atoms with Crippen LogP contribution < -0.4 is 10.9 Å². The normalized spacial score (nSPS) is 12.2. The standard InChI is InChI=1S/C26H28N4O2/c1-6-23(25(31)28-22-13-12-16(2)14-17(22)3)29-18(4)21-15-27-30(20-10-8-7-9-11-20)26(32)24(21)19(29)5/h7-15,23H,6H2,1-5H3,(H,28,31)/t23-/m0/s1. The third-order valence-electron chi connectivity index (χ3n) is 6.09. The van der Waals surface area contributed by atoms with Crippen LogP contribution in [-0.4, -0.2) is 20.3 Å². The molecule has 0 unspecified atom stereocenters. The SMILES string of the molecule is CC[C@@H](C(=O)Nc1ccc(C)cc1C)n1c(C)c2cnn(-c3ccccc3)c(=O)c2c1C. The van der Waals surface area contributed by atoms with Gasteiger partial charge in [-0.05, 0) is 57.9 Å². The molecule has 2 heterocycles. The molecule has 6 nitrogen and oxygen atoms in total. The fourth-order valence-electron chi connectivity index (χ4n) is 4.46. The van der Waals surface area contributed by atoms with Crippen LogP contribution in [0.4, 0.5) is 5.69 Å². The van der Waals surface area contributed by atoms with E-state index in [2.05, 4.69) is 16.5 Å². The van der Waals surface area contributed by atoms with Gasteiger partial charge < -0.3 is 9.88 Å². The van der Waals surface area contributed by atoms with Crippen molar-refractivity contribution in [3.05, 3.63) is 87.6 Å². The first kappa shape index (κ1) is 21.6. The van der Waals surface area contributed by atoms with Crippen molar-refractivity contribution in [2.45, 2.75) is 47.1 Å². The van der Waals surface area contributed by atoms with Crippen LogP contribution in [0.3, 0.4) is 0 Å². The van der Waals surface area contributed by atoms with E-state index in [9.17, 15) is 9.59 Å². The molecule has 1 atom stereocenters. The van der Waals surface area contributed by atoms with E-state index in [1.807, 2.05) is 81.7 Å². The molecule has 4 aromatic rings. The number of aromatic nitrogens is 3. The lowest BCUT2D eigenvalue weighted by Gasteiger charge is -2.21. The molecule has 2 aromatic carbocycles. The zero-order chi connectivity index (χ0) is 23.0. The van der Waals surface area contributed by atoms with Crippen LogP contribution >= 0.6 is 0 Å². The Morgan fingerprint density at radius 2 is 1.75 bits per heavy atom. The summed E-state index contributed by atoms with van der Waals surface area (Å²) in [6, 6.07) is 14.9. The van der Waals surface area contributed by atoms with Crippen molar-refractivity contribution in [1.82, 2.24) is 14.3 Å². The Hall–Kier alpha value is -3.67. The molecule has 0 saturated heterocycles. The predicted octanol–water partition coefficient (Wildman–Crippen LogP) is 5.01. The van der Waals surface area contributed by atoms with E-state index in [1.165, 1.54) is 4.68 Å². The fraction of sp³-hybridized carbons (Fsp3) is 0.269. The van der Waals surface area contributed by atoms with Crippen molar-refractivity contribution >= 4 is 22.4 Å². The highest BCUT2D eigenvalue weighted by atomic mass is 16.2. The molecule has 6 heteroatoms. The fourth-order valence-corrected chi connectivity index (χ4v) is 4.46. The Morgan fingerprint density at radius 3 is 2.41 bits per heavy atom. The molecule has 0 saturated carbocycles. The highest BCUT2D eigenvalue weighted by Crippen LogP contribution is 2.29. The summed E-state index contributed by atoms with van der Waals surface area (Å²) in [5.41, 5.74) is 5.15. The maximum absolute atomic E-state index is 13.4. The number of aryl methyl sites for hydroxylation is 4. The molecule has 0 fully saturated rings. The minimum Gasteiger partial charge on any atom is -0.335 e. The van der Waals surface area contributed by atoms with Crippen LogP contribution in [0.5, 0.6) is 0 Å². The van der Waals surface area contributed by atoms with Crippen molar-refractivity contribution in [3.63, 3.8) is 0 Å². The van der Waals surface area contributed by atoms with E-state index >= 15 is 0 Å². The molecule has 0 aliphatic carbocycles. The monoisotopic (exact) mass is 428 g/mol. The summed E-state index contributed by atoms with van der Waals surface area (Å²) < 4.78 is 3.39. The van der Waals surface area contributed by atoms with Gasteiger partial charge in [0.15, 0.2) is 0 Å². The van der Waals surface area contributed by atoms with Gasteiger partial charge in [-0.25, -0.2) is 0 Å². The van der Waals surface area contributed by atoms with Crippen LogP contribution in [0, 0.1) is 27.7 Å². The van der Waals surface area contributed by atoms with Gasteiger partial charge in [-0.2, -0.15) is 9.78 Å². The number of nitrogens with zero attached hydrogens (tertiary/aromatic N) is 3. The van der Waals surface area contributed by atoms with Gasteiger partial charge >= 0.3 is 0 Å². The number of fused-ring (bicyclic) bond motifs is 1. The molecule has 1 N–H and O–H groups in total. The van der Waals surface area contributed by atoms with Gasteiger partial charge in [-0.3, -0.25) is 9.59 Å². The lowest BCUT2D eigenvalue weighted by atomic mass is 10.1. The number of nitrogens with one attached hydrogen (secondary N) is 1. The molecule has 0 spiro atoms. The smallest absolute Gasteiger partial charge is 0.281 e. The minimum atomic E-state index is -0.437. The van der Waals surface area contributed by atoms with Gasteiger partial charge in [-0.1, -0.05) is 42.8 Å². The van der Waals surface area contributed by atoms with E-state index in [-0.39, 0.29) is 11.5 Å². The predicted molar refractivity (Wildman–Crippen MR) is 129 cm³/mol. The number of anilines is 1. The van der Waals surface area contributed by atoms with Crippen LogP contribution in [0.25, 0.3) is 16.5 Å². The van der Waals surface area contributed by atoms with Crippen LogP contribution in [0.2, 0.25) is 0 Å². The summed E-state index contributed by atoms with van der Waals surface area (Å²) in [4.78, 5) is 26.7. The Morgan fingerprint density at radius 1 is 1.03 bits per heavy atom. The number of rotatable bonds is 5. The highest BCUT2D eigenvalue weighted by molar-refractivity contribution is 5.96. The molecular weight excluding hydrogens is 400 g/mol. The maximum atomic E-state index is 13.4. The molecule has 164 valence electrons. The molecule has 32 heavy (non-hydrogen) atoms. The van der Waals surface area contributed by atoms with Crippen LogP contribution in [0.15, 0.2) is 59.5 Å². The lowest BCUT2D eigenvalue weighted by molar-refractivity contribution is -0.119. The zero-order valence-electron chi connectivity index (χ0n) is 19.1. The first-order valence-corrected chi connectivity index (χ1v) is 10.9. The summed E-state index contributed by atoms with van der Waals surface area (Å²) in [5, 5.41) is 8.85. The largest absolute Gasteiger partial charge is 0.335 e. The summed E-state index contributed by atoms with van der Waals surface area (Å²) in [5.74, 6) is -0.0951. The zero-order valence-corrected chi connectivity index (χ0v) is 19.1. The third-order valence-corrected chi connectivity index (χ3v) is 6.09. The van der Waals surface area contributed by atoms with Crippen molar-refractivity contribution in [1.29, 1.82) is 0 Å². The topological polar surface area (TPSA) is 68.9 Å². The maximum Gasteiger partial charge on any atom is 0.281 e. The Bertz CT molecular complexity index is 1370. The number of para-hydroxylation sites is 1.